The molecule has 0 aromatic carbocycles. The van der Waals surface area contributed by atoms with Gasteiger partial charge in [-0.1, -0.05) is 291 Å². The second-order valence-corrected chi connectivity index (χ2v) is 22.7. The van der Waals surface area contributed by atoms with Crippen LogP contribution < -0.4 is 0 Å². The third-order valence-corrected chi connectivity index (χ3v) is 14.7. The van der Waals surface area contributed by atoms with Crippen LogP contribution in [0.3, 0.4) is 0 Å². The van der Waals surface area contributed by atoms with Gasteiger partial charge in [0.25, 0.3) is 0 Å². The molecule has 81 heavy (non-hydrogen) atoms. The molecule has 0 saturated heterocycles. The summed E-state index contributed by atoms with van der Waals surface area (Å²) in [6.07, 6.45) is 93.8. The zero-order valence-corrected chi connectivity index (χ0v) is 53.3. The number of carbonyl (C=O) groups excluding carboxylic acids is 3. The van der Waals surface area contributed by atoms with Crippen LogP contribution in [0.2, 0.25) is 0 Å². The average Bonchev–Trinajstić information content (AvgIpc) is 3.47. The van der Waals surface area contributed by atoms with Crippen LogP contribution >= 0.6 is 0 Å². The molecule has 1 atom stereocenters. The quantitative estimate of drug-likeness (QED) is 0.0261. The van der Waals surface area contributed by atoms with E-state index < -0.39 is 6.10 Å². The van der Waals surface area contributed by atoms with Crippen LogP contribution in [0.1, 0.15) is 329 Å². The van der Waals surface area contributed by atoms with E-state index in [1.165, 1.54) is 167 Å². The Morgan fingerprint density at radius 2 is 0.481 bits per heavy atom. The molecule has 0 saturated carbocycles. The molecule has 0 aliphatic heterocycles. The number of allylic oxidation sites excluding steroid dienone is 18. The molecule has 0 aromatic rings. The molecule has 0 aromatic heterocycles. The SMILES string of the molecule is CC/C=C\C/C=C\C/C=C\CCCCCCCCCC(=O)OCC(COC(=O)CCCCCCCCCC/C=C\C/C=C\C/C=C\CCCCCCC)OC(=O)CCCCCCCCCC/C=C\C/C=C\C/C=C\CCCCCCC. The Balaban J connectivity index is 4.42. The fourth-order valence-corrected chi connectivity index (χ4v) is 9.59. The second kappa shape index (κ2) is 68.6. The van der Waals surface area contributed by atoms with Crippen molar-refractivity contribution in [3.63, 3.8) is 0 Å². The van der Waals surface area contributed by atoms with Crippen molar-refractivity contribution in [2.75, 3.05) is 13.2 Å². The molecule has 0 radical (unpaired) electrons. The lowest BCUT2D eigenvalue weighted by molar-refractivity contribution is -0.167. The van der Waals surface area contributed by atoms with E-state index >= 15 is 0 Å². The van der Waals surface area contributed by atoms with E-state index in [1.807, 2.05) is 0 Å². The largest absolute Gasteiger partial charge is 0.462 e. The number of unbranched alkanes of at least 4 members (excludes halogenated alkanes) is 33. The van der Waals surface area contributed by atoms with Gasteiger partial charge in [-0.25, -0.2) is 0 Å². The molecule has 0 bridgehead atoms. The molecular weight excluding hydrogens is 997 g/mol. The molecule has 6 heteroatoms. The maximum atomic E-state index is 13.0. The first kappa shape index (κ1) is 77.1. The highest BCUT2D eigenvalue weighted by Gasteiger charge is 2.19. The van der Waals surface area contributed by atoms with E-state index in [9.17, 15) is 14.4 Å². The first-order valence-corrected chi connectivity index (χ1v) is 34.4. The summed E-state index contributed by atoms with van der Waals surface area (Å²) < 4.78 is 17.0. The lowest BCUT2D eigenvalue weighted by Gasteiger charge is -2.18. The number of rotatable bonds is 62. The van der Waals surface area contributed by atoms with Gasteiger partial charge >= 0.3 is 17.9 Å². The lowest BCUT2D eigenvalue weighted by atomic mass is 10.1. The minimum absolute atomic E-state index is 0.0888. The van der Waals surface area contributed by atoms with Crippen LogP contribution in [0.25, 0.3) is 0 Å². The van der Waals surface area contributed by atoms with Crippen LogP contribution in [-0.4, -0.2) is 37.2 Å². The number of carbonyl (C=O) groups is 3. The summed E-state index contributed by atoms with van der Waals surface area (Å²) in [4.78, 5) is 38.5. The van der Waals surface area contributed by atoms with Gasteiger partial charge in [0, 0.05) is 19.3 Å². The number of ether oxygens (including phenoxy) is 3. The molecule has 0 aliphatic rings. The molecule has 0 N–H and O–H groups in total. The highest BCUT2D eigenvalue weighted by molar-refractivity contribution is 5.71. The maximum Gasteiger partial charge on any atom is 0.306 e. The Bertz CT molecular complexity index is 1620. The average molecular weight is 1130 g/mol. The predicted molar refractivity (Wildman–Crippen MR) is 353 cm³/mol. The Morgan fingerprint density at radius 1 is 0.259 bits per heavy atom. The smallest absolute Gasteiger partial charge is 0.306 e. The maximum absolute atomic E-state index is 13.0. The highest BCUT2D eigenvalue weighted by atomic mass is 16.6. The fraction of sp³-hybridized carbons (Fsp3) is 0.720. The van der Waals surface area contributed by atoms with Crippen molar-refractivity contribution >= 4 is 17.9 Å². The molecule has 0 fully saturated rings. The van der Waals surface area contributed by atoms with Crippen LogP contribution in [0, 0.1) is 0 Å². The van der Waals surface area contributed by atoms with Crippen molar-refractivity contribution in [2.45, 2.75) is 335 Å². The van der Waals surface area contributed by atoms with Crippen LogP contribution in [0.5, 0.6) is 0 Å². The zero-order valence-electron chi connectivity index (χ0n) is 53.3. The highest BCUT2D eigenvalue weighted by Crippen LogP contribution is 2.16. The fourth-order valence-electron chi connectivity index (χ4n) is 9.59. The summed E-state index contributed by atoms with van der Waals surface area (Å²) in [7, 11) is 0. The first-order valence-electron chi connectivity index (χ1n) is 34.4. The second-order valence-electron chi connectivity index (χ2n) is 22.7. The normalized spacial score (nSPS) is 12.8. The Labute approximate surface area is 501 Å². The van der Waals surface area contributed by atoms with Gasteiger partial charge < -0.3 is 14.2 Å². The summed E-state index contributed by atoms with van der Waals surface area (Å²) in [6.45, 7) is 6.52. The van der Waals surface area contributed by atoms with Gasteiger partial charge in [0.1, 0.15) is 13.2 Å². The standard InChI is InChI=1S/C75H128O6/c1-4-7-10-13-16-19-22-25-28-31-33-35-37-39-41-44-47-50-53-56-59-62-65-68-74(77)80-71-72(70-79-73(76)67-64-61-58-55-52-49-46-43-30-27-24-21-18-15-12-9-6-3)81-75(78)69-66-63-60-57-54-51-48-45-42-40-38-36-34-32-29-26-23-20-17-14-11-8-5-2/h9,12,18,21-23,25-27,30-34,37-40,72H,4-8,10-11,13-17,19-20,24,28-29,35-36,41-71H2,1-3H3/b12-9-,21-18-,25-22-,26-23-,30-27-,33-31-,34-32-,39-37-,40-38-. The minimum atomic E-state index is -0.794. The van der Waals surface area contributed by atoms with Crippen molar-refractivity contribution < 1.29 is 28.6 Å². The van der Waals surface area contributed by atoms with Gasteiger partial charge in [-0.15, -0.1) is 0 Å². The van der Waals surface area contributed by atoms with Crippen molar-refractivity contribution in [1.82, 2.24) is 0 Å². The Morgan fingerprint density at radius 3 is 0.753 bits per heavy atom. The van der Waals surface area contributed by atoms with E-state index in [0.29, 0.717) is 19.3 Å². The molecule has 1 unspecified atom stereocenters. The van der Waals surface area contributed by atoms with Crippen molar-refractivity contribution in [1.29, 1.82) is 0 Å². The van der Waals surface area contributed by atoms with Gasteiger partial charge in [0.05, 0.1) is 0 Å². The molecule has 0 amide bonds. The third kappa shape index (κ3) is 66.8. The van der Waals surface area contributed by atoms with E-state index in [1.54, 1.807) is 0 Å². The molecule has 464 valence electrons. The summed E-state index contributed by atoms with van der Waals surface area (Å²) in [6, 6.07) is 0. The summed E-state index contributed by atoms with van der Waals surface area (Å²) >= 11 is 0. The van der Waals surface area contributed by atoms with Crippen molar-refractivity contribution in [2.24, 2.45) is 0 Å². The molecular formula is C75H128O6. The Hall–Kier alpha value is -3.93. The molecule has 0 spiro atoms. The zero-order chi connectivity index (χ0) is 58.5. The van der Waals surface area contributed by atoms with Gasteiger partial charge in [-0.3, -0.25) is 14.4 Å². The van der Waals surface area contributed by atoms with Gasteiger partial charge in [0.15, 0.2) is 6.10 Å². The van der Waals surface area contributed by atoms with Crippen LogP contribution in [0.4, 0.5) is 0 Å². The topological polar surface area (TPSA) is 78.9 Å². The molecule has 0 aliphatic carbocycles. The van der Waals surface area contributed by atoms with Gasteiger partial charge in [-0.05, 0) is 128 Å². The number of hydrogen-bond donors (Lipinski definition) is 0. The van der Waals surface area contributed by atoms with E-state index in [0.717, 1.165) is 122 Å². The van der Waals surface area contributed by atoms with Gasteiger partial charge in [0.2, 0.25) is 0 Å². The lowest BCUT2D eigenvalue weighted by Crippen LogP contribution is -2.30. The summed E-state index contributed by atoms with van der Waals surface area (Å²) in [5.74, 6) is -0.902. The van der Waals surface area contributed by atoms with Crippen molar-refractivity contribution in [3.8, 4) is 0 Å². The van der Waals surface area contributed by atoms with E-state index in [-0.39, 0.29) is 31.1 Å². The molecule has 6 nitrogen and oxygen atoms in total. The molecule has 0 rings (SSSR count). The predicted octanol–water partition coefficient (Wildman–Crippen LogP) is 23.8. The number of esters is 3. The minimum Gasteiger partial charge on any atom is -0.462 e. The van der Waals surface area contributed by atoms with E-state index in [2.05, 4.69) is 130 Å². The van der Waals surface area contributed by atoms with Crippen LogP contribution in [0.15, 0.2) is 109 Å². The first-order chi connectivity index (χ1) is 40.0. The summed E-state index contributed by atoms with van der Waals surface area (Å²) in [5.41, 5.74) is 0. The molecule has 0 heterocycles. The Kier molecular flexibility index (Phi) is 65.2. The van der Waals surface area contributed by atoms with Crippen LogP contribution in [-0.2, 0) is 28.6 Å². The third-order valence-electron chi connectivity index (χ3n) is 14.7. The summed E-state index contributed by atoms with van der Waals surface area (Å²) in [5, 5.41) is 0. The van der Waals surface area contributed by atoms with E-state index in [4.69, 9.17) is 14.2 Å². The van der Waals surface area contributed by atoms with Gasteiger partial charge in [-0.2, -0.15) is 0 Å². The monoisotopic (exact) mass is 1120 g/mol. The number of hydrogen-bond acceptors (Lipinski definition) is 6. The van der Waals surface area contributed by atoms with Crippen molar-refractivity contribution in [3.05, 3.63) is 109 Å².